The number of hydrogen-bond donors (Lipinski definition) is 1. The Bertz CT molecular complexity index is 323. The number of hydrogen-bond acceptors (Lipinski definition) is 2. The van der Waals surface area contributed by atoms with Crippen molar-refractivity contribution in [3.63, 3.8) is 0 Å². The molecule has 14 heavy (non-hydrogen) atoms. The Morgan fingerprint density at radius 2 is 2.14 bits per heavy atom. The fourth-order valence-corrected chi connectivity index (χ4v) is 1.19. The molecule has 0 saturated carbocycles. The van der Waals surface area contributed by atoms with E-state index in [9.17, 15) is 8.78 Å². The van der Waals surface area contributed by atoms with Gasteiger partial charge in [0.05, 0.1) is 12.2 Å². The molecule has 1 aromatic heterocycles. The molecule has 0 aromatic carbocycles. The van der Waals surface area contributed by atoms with Gasteiger partial charge in [-0.2, -0.15) is 0 Å². The Kier molecular flexibility index (Phi) is 3.63. The lowest BCUT2D eigenvalue weighted by molar-refractivity contribution is 0.0367. The lowest BCUT2D eigenvalue weighted by atomic mass is 10.3. The molecule has 1 N–H and O–H groups in total. The van der Waals surface area contributed by atoms with Crippen molar-refractivity contribution >= 4 is 28.4 Å². The Morgan fingerprint density at radius 3 is 2.64 bits per heavy atom. The van der Waals surface area contributed by atoms with Crippen LogP contribution in [0.3, 0.4) is 0 Å². The van der Waals surface area contributed by atoms with E-state index in [1.807, 2.05) is 13.0 Å². The molecule has 1 heterocycles. The predicted octanol–water partition coefficient (Wildman–Crippen LogP) is 3.06. The first-order chi connectivity index (χ1) is 6.38. The molecule has 0 bridgehead atoms. The predicted molar refractivity (Wildman–Crippen MR) is 60.8 cm³/mol. The van der Waals surface area contributed by atoms with Gasteiger partial charge < -0.3 is 5.32 Å². The number of rotatable bonds is 3. The zero-order valence-electron chi connectivity index (χ0n) is 7.94. The summed E-state index contributed by atoms with van der Waals surface area (Å²) in [7, 11) is 0. The van der Waals surface area contributed by atoms with Crippen LogP contribution in [0.2, 0.25) is 0 Å². The summed E-state index contributed by atoms with van der Waals surface area (Å²) < 4.78 is 26.0. The molecule has 0 aliphatic carbocycles. The second-order valence-corrected chi connectivity index (χ2v) is 4.35. The van der Waals surface area contributed by atoms with Gasteiger partial charge in [-0.05, 0) is 41.6 Å². The third-order valence-corrected chi connectivity index (χ3v) is 2.74. The lowest BCUT2D eigenvalue weighted by Gasteiger charge is -2.12. The van der Waals surface area contributed by atoms with Gasteiger partial charge in [-0.1, -0.05) is 0 Å². The SMILES string of the molecule is Cc1nc(NCC(C)(F)F)ccc1I. The highest BCUT2D eigenvalue weighted by atomic mass is 127. The second-order valence-electron chi connectivity index (χ2n) is 3.19. The minimum Gasteiger partial charge on any atom is -0.364 e. The molecular weight excluding hydrogens is 301 g/mol. The minimum absolute atomic E-state index is 0.389. The summed E-state index contributed by atoms with van der Waals surface area (Å²) in [5.74, 6) is -2.22. The maximum atomic E-state index is 12.5. The first-order valence-corrected chi connectivity index (χ1v) is 5.21. The van der Waals surface area contributed by atoms with Gasteiger partial charge in [0.15, 0.2) is 0 Å². The normalized spacial score (nSPS) is 11.5. The van der Waals surface area contributed by atoms with Gasteiger partial charge in [0.2, 0.25) is 0 Å². The van der Waals surface area contributed by atoms with Crippen LogP contribution in [0.4, 0.5) is 14.6 Å². The third kappa shape index (κ3) is 3.73. The number of nitrogens with one attached hydrogen (secondary N) is 1. The van der Waals surface area contributed by atoms with Gasteiger partial charge in [0.1, 0.15) is 5.82 Å². The number of alkyl halides is 2. The van der Waals surface area contributed by atoms with Crippen molar-refractivity contribution in [1.29, 1.82) is 0 Å². The van der Waals surface area contributed by atoms with Gasteiger partial charge in [-0.3, -0.25) is 0 Å². The first-order valence-electron chi connectivity index (χ1n) is 4.13. The number of pyridine rings is 1. The van der Waals surface area contributed by atoms with E-state index < -0.39 is 5.92 Å². The molecule has 1 rings (SSSR count). The lowest BCUT2D eigenvalue weighted by Crippen LogP contribution is -2.23. The summed E-state index contributed by atoms with van der Waals surface area (Å²) in [4.78, 5) is 4.12. The first kappa shape index (κ1) is 11.6. The Balaban J connectivity index is 2.65. The number of halogens is 3. The van der Waals surface area contributed by atoms with Crippen LogP contribution in [-0.4, -0.2) is 17.5 Å². The van der Waals surface area contributed by atoms with Gasteiger partial charge in [0, 0.05) is 10.5 Å². The molecule has 1 aromatic rings. The highest BCUT2D eigenvalue weighted by Crippen LogP contribution is 2.15. The van der Waals surface area contributed by atoms with Crippen LogP contribution in [0.15, 0.2) is 12.1 Å². The molecule has 0 aliphatic rings. The summed E-state index contributed by atoms with van der Waals surface area (Å²) in [5, 5.41) is 2.59. The number of nitrogens with zero attached hydrogens (tertiary/aromatic N) is 1. The van der Waals surface area contributed by atoms with E-state index in [0.29, 0.717) is 5.82 Å². The third-order valence-electron chi connectivity index (χ3n) is 1.60. The highest BCUT2D eigenvalue weighted by molar-refractivity contribution is 14.1. The maximum absolute atomic E-state index is 12.5. The monoisotopic (exact) mass is 312 g/mol. The zero-order valence-corrected chi connectivity index (χ0v) is 10.1. The summed E-state index contributed by atoms with van der Waals surface area (Å²) >= 11 is 2.15. The molecule has 0 amide bonds. The van der Waals surface area contributed by atoms with Crippen molar-refractivity contribution in [2.75, 3.05) is 11.9 Å². The Labute approximate surface area is 95.3 Å². The van der Waals surface area contributed by atoms with Gasteiger partial charge in [0.25, 0.3) is 5.92 Å². The topological polar surface area (TPSA) is 24.9 Å². The molecule has 0 fully saturated rings. The Morgan fingerprint density at radius 1 is 1.50 bits per heavy atom. The van der Waals surface area contributed by atoms with E-state index in [-0.39, 0.29) is 6.54 Å². The van der Waals surface area contributed by atoms with Crippen molar-refractivity contribution < 1.29 is 8.78 Å². The Hall–Kier alpha value is -0.460. The van der Waals surface area contributed by atoms with E-state index in [2.05, 4.69) is 32.9 Å². The van der Waals surface area contributed by atoms with Crippen LogP contribution in [0.5, 0.6) is 0 Å². The van der Waals surface area contributed by atoms with Crippen LogP contribution in [0.25, 0.3) is 0 Å². The largest absolute Gasteiger partial charge is 0.364 e. The molecule has 5 heteroatoms. The molecule has 0 saturated heterocycles. The van der Waals surface area contributed by atoms with Crippen molar-refractivity contribution in [2.45, 2.75) is 19.8 Å². The van der Waals surface area contributed by atoms with Crippen LogP contribution in [0.1, 0.15) is 12.6 Å². The molecule has 78 valence electrons. The van der Waals surface area contributed by atoms with Crippen molar-refractivity contribution in [1.82, 2.24) is 4.98 Å². The average Bonchev–Trinajstić information content (AvgIpc) is 2.06. The molecule has 0 aliphatic heterocycles. The number of aryl methyl sites for hydroxylation is 1. The summed E-state index contributed by atoms with van der Waals surface area (Å²) in [6.45, 7) is 2.33. The van der Waals surface area contributed by atoms with E-state index in [0.717, 1.165) is 16.2 Å². The number of aromatic nitrogens is 1. The fraction of sp³-hybridized carbons (Fsp3) is 0.444. The zero-order chi connectivity index (χ0) is 10.8. The smallest absolute Gasteiger partial charge is 0.262 e. The fourth-order valence-electron chi connectivity index (χ4n) is 0.888. The van der Waals surface area contributed by atoms with E-state index in [1.54, 1.807) is 6.07 Å². The second kappa shape index (κ2) is 4.37. The van der Waals surface area contributed by atoms with Crippen LogP contribution >= 0.6 is 22.6 Å². The number of anilines is 1. The van der Waals surface area contributed by atoms with Crippen molar-refractivity contribution in [2.24, 2.45) is 0 Å². The highest BCUT2D eigenvalue weighted by Gasteiger charge is 2.20. The summed E-state index contributed by atoms with van der Waals surface area (Å²) in [6, 6.07) is 3.54. The minimum atomic E-state index is -2.71. The van der Waals surface area contributed by atoms with Crippen molar-refractivity contribution in [3.05, 3.63) is 21.4 Å². The van der Waals surface area contributed by atoms with E-state index >= 15 is 0 Å². The molecule has 2 nitrogen and oxygen atoms in total. The van der Waals surface area contributed by atoms with Gasteiger partial charge in [-0.25, -0.2) is 13.8 Å². The van der Waals surface area contributed by atoms with E-state index in [1.165, 1.54) is 0 Å². The molecule has 0 unspecified atom stereocenters. The van der Waals surface area contributed by atoms with Crippen LogP contribution < -0.4 is 5.32 Å². The molecule has 0 radical (unpaired) electrons. The quantitative estimate of drug-likeness (QED) is 0.868. The van der Waals surface area contributed by atoms with Gasteiger partial charge in [-0.15, -0.1) is 0 Å². The van der Waals surface area contributed by atoms with E-state index in [4.69, 9.17) is 0 Å². The summed E-state index contributed by atoms with van der Waals surface area (Å²) in [6.07, 6.45) is 0. The molecule has 0 atom stereocenters. The molecular formula is C9H11F2IN2. The summed E-state index contributed by atoms with van der Waals surface area (Å²) in [5.41, 5.74) is 0.843. The van der Waals surface area contributed by atoms with Crippen molar-refractivity contribution in [3.8, 4) is 0 Å². The average molecular weight is 312 g/mol. The standard InChI is InChI=1S/C9H11F2IN2/c1-6-7(12)3-4-8(14-6)13-5-9(2,10)11/h3-4H,5H2,1-2H3,(H,13,14). The van der Waals surface area contributed by atoms with Crippen LogP contribution in [-0.2, 0) is 0 Å². The maximum Gasteiger partial charge on any atom is 0.262 e. The van der Waals surface area contributed by atoms with Gasteiger partial charge >= 0.3 is 0 Å². The molecule has 0 spiro atoms. The van der Waals surface area contributed by atoms with Crippen LogP contribution in [0, 0.1) is 10.5 Å².